The zero-order chi connectivity index (χ0) is 26.6. The second kappa shape index (κ2) is 11.3. The number of nitrogens with one attached hydrogen (secondary N) is 1. The number of hydrogen-bond acceptors (Lipinski definition) is 3. The average Bonchev–Trinajstić information content (AvgIpc) is 2.80. The monoisotopic (exact) mass is 518 g/mol. The average molecular weight is 519 g/mol. The number of benzene rings is 2. The van der Waals surface area contributed by atoms with Gasteiger partial charge < -0.3 is 10.4 Å². The Morgan fingerprint density at radius 2 is 1.72 bits per heavy atom. The second-order valence-electron chi connectivity index (χ2n) is 9.61. The van der Waals surface area contributed by atoms with Gasteiger partial charge in [-0.05, 0) is 59.2 Å². The summed E-state index contributed by atoms with van der Waals surface area (Å²) in [6.45, 7) is 7.48. The summed E-state index contributed by atoms with van der Waals surface area (Å²) >= 11 is 6.39. The highest BCUT2D eigenvalue weighted by Crippen LogP contribution is 2.45. The van der Waals surface area contributed by atoms with Gasteiger partial charge >= 0.3 is 12.1 Å². The summed E-state index contributed by atoms with van der Waals surface area (Å²) in [7, 11) is 0. The van der Waals surface area contributed by atoms with Crippen LogP contribution in [0.3, 0.4) is 0 Å². The molecule has 4 nitrogen and oxygen atoms in total. The summed E-state index contributed by atoms with van der Waals surface area (Å²) in [4.78, 5) is 16.6. The maximum atomic E-state index is 14.6. The molecule has 2 unspecified atom stereocenters. The van der Waals surface area contributed by atoms with Crippen LogP contribution in [0, 0.1) is 11.8 Å². The number of aromatic nitrogens is 1. The summed E-state index contributed by atoms with van der Waals surface area (Å²) < 4.78 is 43.7. The van der Waals surface area contributed by atoms with E-state index in [-0.39, 0.29) is 29.4 Å². The Kier molecular flexibility index (Phi) is 8.67. The van der Waals surface area contributed by atoms with Gasteiger partial charge in [-0.2, -0.15) is 13.2 Å². The zero-order valence-corrected chi connectivity index (χ0v) is 21.4. The van der Waals surface area contributed by atoms with Crippen molar-refractivity contribution in [1.29, 1.82) is 0 Å². The van der Waals surface area contributed by atoms with E-state index in [1.807, 2.05) is 13.8 Å². The van der Waals surface area contributed by atoms with Crippen molar-refractivity contribution in [1.82, 2.24) is 4.98 Å². The van der Waals surface area contributed by atoms with Crippen LogP contribution in [-0.2, 0) is 11.0 Å². The van der Waals surface area contributed by atoms with E-state index in [0.717, 1.165) is 0 Å². The summed E-state index contributed by atoms with van der Waals surface area (Å²) in [6, 6.07) is 14.0. The minimum absolute atomic E-state index is 0.0192. The first-order valence-corrected chi connectivity index (χ1v) is 12.2. The van der Waals surface area contributed by atoms with Gasteiger partial charge in [-0.15, -0.1) is 0 Å². The van der Waals surface area contributed by atoms with Crippen molar-refractivity contribution in [3.8, 4) is 11.1 Å². The number of nitrogens with zero attached hydrogens (tertiary/aromatic N) is 1. The molecule has 0 aliphatic heterocycles. The van der Waals surface area contributed by atoms with Crippen molar-refractivity contribution in [3.05, 3.63) is 82.6 Å². The minimum atomic E-state index is -4.76. The van der Waals surface area contributed by atoms with Gasteiger partial charge in [0.25, 0.3) is 0 Å². The van der Waals surface area contributed by atoms with Gasteiger partial charge in [0.1, 0.15) is 0 Å². The molecule has 0 amide bonds. The lowest BCUT2D eigenvalue weighted by molar-refractivity contribution is -0.141. The highest BCUT2D eigenvalue weighted by Gasteiger charge is 2.40. The van der Waals surface area contributed by atoms with Crippen LogP contribution in [-0.4, -0.2) is 16.1 Å². The van der Waals surface area contributed by atoms with E-state index in [9.17, 15) is 23.1 Å². The quantitative estimate of drug-likeness (QED) is 0.298. The Morgan fingerprint density at radius 1 is 1.06 bits per heavy atom. The van der Waals surface area contributed by atoms with Gasteiger partial charge in [0.05, 0.1) is 28.2 Å². The highest BCUT2D eigenvalue weighted by atomic mass is 35.5. The van der Waals surface area contributed by atoms with Crippen LogP contribution >= 0.6 is 11.6 Å². The molecular formula is C28H30ClF3N2O2. The molecule has 0 fully saturated rings. The van der Waals surface area contributed by atoms with Crippen molar-refractivity contribution in [2.75, 3.05) is 5.32 Å². The van der Waals surface area contributed by atoms with Crippen molar-refractivity contribution in [2.45, 2.75) is 52.3 Å². The van der Waals surface area contributed by atoms with Gasteiger partial charge in [-0.3, -0.25) is 9.78 Å². The fourth-order valence-electron chi connectivity index (χ4n) is 4.37. The third kappa shape index (κ3) is 6.38. The molecule has 0 aliphatic rings. The maximum absolute atomic E-state index is 14.6. The molecule has 2 atom stereocenters. The number of alkyl halides is 3. The Hall–Kier alpha value is -3.06. The Bertz CT molecular complexity index is 1200. The van der Waals surface area contributed by atoms with Crippen LogP contribution in [0.1, 0.15) is 62.9 Å². The molecule has 0 spiro atoms. The Morgan fingerprint density at radius 3 is 2.25 bits per heavy atom. The third-order valence-corrected chi connectivity index (χ3v) is 6.31. The van der Waals surface area contributed by atoms with Gasteiger partial charge in [0, 0.05) is 11.9 Å². The lowest BCUT2D eigenvalue weighted by atomic mass is 9.83. The minimum Gasteiger partial charge on any atom is -0.481 e. The first-order valence-electron chi connectivity index (χ1n) is 11.8. The number of rotatable bonds is 9. The topological polar surface area (TPSA) is 62.2 Å². The van der Waals surface area contributed by atoms with E-state index in [4.69, 9.17) is 11.6 Å². The molecule has 192 valence electrons. The predicted octanol–water partition coefficient (Wildman–Crippen LogP) is 8.44. The van der Waals surface area contributed by atoms with Gasteiger partial charge in [-0.1, -0.05) is 69.6 Å². The molecule has 0 saturated heterocycles. The first kappa shape index (κ1) is 27.5. The Labute approximate surface area is 214 Å². The number of aliphatic carboxylic acids is 1. The maximum Gasteiger partial charge on any atom is 0.417 e. The molecule has 8 heteroatoms. The smallest absolute Gasteiger partial charge is 0.417 e. The van der Waals surface area contributed by atoms with Gasteiger partial charge in [-0.25, -0.2) is 0 Å². The third-order valence-electron chi connectivity index (χ3n) is 5.99. The summed E-state index contributed by atoms with van der Waals surface area (Å²) in [5, 5.41) is 13.7. The van der Waals surface area contributed by atoms with Gasteiger partial charge in [0.2, 0.25) is 0 Å². The molecule has 0 saturated carbocycles. The molecular weight excluding hydrogens is 489 g/mol. The van der Waals surface area contributed by atoms with Crippen LogP contribution in [0.5, 0.6) is 0 Å². The predicted molar refractivity (Wildman–Crippen MR) is 137 cm³/mol. The van der Waals surface area contributed by atoms with E-state index < -0.39 is 29.7 Å². The summed E-state index contributed by atoms with van der Waals surface area (Å²) in [6.07, 6.45) is -3.09. The fraction of sp³-hybridized carbons (Fsp3) is 0.357. The van der Waals surface area contributed by atoms with E-state index in [0.29, 0.717) is 22.0 Å². The normalized spacial score (nSPS) is 13.6. The van der Waals surface area contributed by atoms with Crippen LogP contribution in [0.4, 0.5) is 18.9 Å². The summed E-state index contributed by atoms with van der Waals surface area (Å²) in [5.41, 5.74) is 0.0145. The highest BCUT2D eigenvalue weighted by molar-refractivity contribution is 6.31. The second-order valence-corrected chi connectivity index (χ2v) is 10.0. The van der Waals surface area contributed by atoms with Crippen molar-refractivity contribution in [3.63, 3.8) is 0 Å². The van der Waals surface area contributed by atoms with Crippen LogP contribution in [0.2, 0.25) is 5.02 Å². The van der Waals surface area contributed by atoms with E-state index >= 15 is 0 Å². The van der Waals surface area contributed by atoms with E-state index in [1.165, 1.54) is 12.1 Å². The van der Waals surface area contributed by atoms with Crippen molar-refractivity contribution in [2.24, 2.45) is 11.8 Å². The molecule has 0 radical (unpaired) electrons. The van der Waals surface area contributed by atoms with Gasteiger partial charge in [0.15, 0.2) is 0 Å². The first-order chi connectivity index (χ1) is 16.9. The molecule has 0 aliphatic carbocycles. The van der Waals surface area contributed by atoms with Crippen molar-refractivity contribution < 1.29 is 23.1 Å². The number of carbonyl (C=O) groups is 1. The SMILES string of the molecule is CC(C)CC(C(=O)O)c1cc(NC(c2ncccc2Cl)C(C)C)cc(-c2ccccc2)c1C(F)(F)F. The number of pyridine rings is 1. The fourth-order valence-corrected chi connectivity index (χ4v) is 4.61. The summed E-state index contributed by atoms with van der Waals surface area (Å²) in [5.74, 6) is -2.77. The lowest BCUT2D eigenvalue weighted by Gasteiger charge is -2.28. The number of carboxylic acid groups (broad SMARTS) is 1. The molecule has 1 heterocycles. The molecule has 2 aromatic carbocycles. The number of halogens is 4. The number of hydrogen-bond donors (Lipinski definition) is 2. The van der Waals surface area contributed by atoms with E-state index in [1.54, 1.807) is 62.5 Å². The lowest BCUT2D eigenvalue weighted by Crippen LogP contribution is -2.22. The molecule has 3 aromatic rings. The molecule has 2 N–H and O–H groups in total. The van der Waals surface area contributed by atoms with Crippen molar-refractivity contribution >= 4 is 23.3 Å². The van der Waals surface area contributed by atoms with Crippen LogP contribution < -0.4 is 5.32 Å². The number of anilines is 1. The molecule has 0 bridgehead atoms. The van der Waals surface area contributed by atoms with Crippen LogP contribution in [0.25, 0.3) is 11.1 Å². The Balaban J connectivity index is 2.30. The molecule has 36 heavy (non-hydrogen) atoms. The zero-order valence-electron chi connectivity index (χ0n) is 20.6. The molecule has 3 rings (SSSR count). The van der Waals surface area contributed by atoms with Crippen LogP contribution in [0.15, 0.2) is 60.8 Å². The molecule has 1 aromatic heterocycles. The van der Waals surface area contributed by atoms with E-state index in [2.05, 4.69) is 10.3 Å². The largest absolute Gasteiger partial charge is 0.481 e. The standard InChI is InChI=1S/C28H30ClF3N2O2/c1-16(2)13-22(27(35)36)21-15-19(34-25(17(3)4)26-23(29)11-8-12-33-26)14-20(24(21)28(30,31)32)18-9-6-5-7-10-18/h5-12,14-17,22,25,34H,13H2,1-4H3,(H,35,36). The number of carboxylic acids is 1.